The minimum atomic E-state index is -0.473. The zero-order valence-corrected chi connectivity index (χ0v) is 15.4. The second-order valence-electron chi connectivity index (χ2n) is 6.86. The van der Waals surface area contributed by atoms with Crippen molar-refractivity contribution in [1.82, 2.24) is 0 Å². The third-order valence-electron chi connectivity index (χ3n) is 4.74. The highest BCUT2D eigenvalue weighted by Gasteiger charge is 2.34. The lowest BCUT2D eigenvalue weighted by Crippen LogP contribution is -2.01. The van der Waals surface area contributed by atoms with Gasteiger partial charge in [-0.15, -0.1) is 0 Å². The first-order chi connectivity index (χ1) is 11.7. The fraction of sp³-hybridized carbons (Fsp3) is 0.762. The number of aliphatic hydroxyl groups excluding tert-OH is 1. The quantitative estimate of drug-likeness (QED) is 0.321. The van der Waals surface area contributed by atoms with Crippen LogP contribution in [0, 0.1) is 23.7 Å². The molecule has 1 saturated carbocycles. The number of esters is 1. The number of carbonyl (C=O) groups excluding carboxylic acids is 1. The molecule has 24 heavy (non-hydrogen) atoms. The Bertz CT molecular complexity index is 430. The molecular weight excluding hydrogens is 300 g/mol. The molecule has 1 fully saturated rings. The fourth-order valence-electron chi connectivity index (χ4n) is 3.05. The normalized spacial score (nSPS) is 20.5. The molecule has 0 bridgehead atoms. The SMILES string of the molecule is CCCCC[C@@H](O)C#CC=CCC[C@@H]1C[C@H]1CCCCC(=O)OC. The largest absolute Gasteiger partial charge is 0.469 e. The summed E-state index contributed by atoms with van der Waals surface area (Å²) >= 11 is 0. The van der Waals surface area contributed by atoms with Crippen LogP contribution in [0.25, 0.3) is 0 Å². The summed E-state index contributed by atoms with van der Waals surface area (Å²) in [6, 6.07) is 0. The third kappa shape index (κ3) is 10.5. The molecule has 0 aliphatic heterocycles. The van der Waals surface area contributed by atoms with Gasteiger partial charge in [0.1, 0.15) is 6.10 Å². The van der Waals surface area contributed by atoms with Gasteiger partial charge >= 0.3 is 5.97 Å². The number of carbonyl (C=O) groups is 1. The Balaban J connectivity index is 1.98. The number of aliphatic hydroxyl groups is 1. The molecule has 0 saturated heterocycles. The number of hydrogen-bond acceptors (Lipinski definition) is 3. The summed E-state index contributed by atoms with van der Waals surface area (Å²) in [6.07, 6.45) is 15.2. The molecule has 1 aliphatic rings. The van der Waals surface area contributed by atoms with Crippen molar-refractivity contribution in [2.45, 2.75) is 83.7 Å². The Morgan fingerprint density at radius 1 is 1.25 bits per heavy atom. The van der Waals surface area contributed by atoms with E-state index in [1.54, 1.807) is 0 Å². The standard InChI is InChI=1S/C21H34O3/c1-3-4-7-14-20(22)15-9-6-5-8-12-18-17-19(18)13-10-11-16-21(23)24-2/h5-6,18-20,22H,3-4,7-8,10-14,16-17H2,1-2H3/t18-,19-,20-/m1/s1. The van der Waals surface area contributed by atoms with Crippen LogP contribution in [0.4, 0.5) is 0 Å². The van der Waals surface area contributed by atoms with Gasteiger partial charge in [-0.2, -0.15) is 0 Å². The van der Waals surface area contributed by atoms with Crippen LogP contribution in [0.5, 0.6) is 0 Å². The molecular formula is C21H34O3. The molecule has 0 unspecified atom stereocenters. The summed E-state index contributed by atoms with van der Waals surface area (Å²) in [5, 5.41) is 9.68. The van der Waals surface area contributed by atoms with Gasteiger partial charge in [-0.3, -0.25) is 4.79 Å². The molecule has 0 spiro atoms. The third-order valence-corrected chi connectivity index (χ3v) is 4.74. The second kappa shape index (κ2) is 13.1. The number of hydrogen-bond donors (Lipinski definition) is 1. The highest BCUT2D eigenvalue weighted by Crippen LogP contribution is 2.45. The monoisotopic (exact) mass is 334 g/mol. The van der Waals surface area contributed by atoms with Crippen molar-refractivity contribution < 1.29 is 14.6 Å². The Morgan fingerprint density at radius 3 is 2.79 bits per heavy atom. The van der Waals surface area contributed by atoms with Crippen LogP contribution in [0.15, 0.2) is 12.2 Å². The summed E-state index contributed by atoms with van der Waals surface area (Å²) in [5.74, 6) is 7.47. The van der Waals surface area contributed by atoms with E-state index in [0.717, 1.165) is 43.9 Å². The Morgan fingerprint density at radius 2 is 2.04 bits per heavy atom. The van der Waals surface area contributed by atoms with E-state index >= 15 is 0 Å². The second-order valence-corrected chi connectivity index (χ2v) is 6.86. The Labute approximate surface area is 147 Å². The lowest BCUT2D eigenvalue weighted by molar-refractivity contribution is -0.140. The molecule has 1 aliphatic carbocycles. The molecule has 0 amide bonds. The molecule has 3 heteroatoms. The van der Waals surface area contributed by atoms with Crippen molar-refractivity contribution in [1.29, 1.82) is 0 Å². The van der Waals surface area contributed by atoms with Gasteiger partial charge < -0.3 is 9.84 Å². The lowest BCUT2D eigenvalue weighted by Gasteiger charge is -2.00. The maximum Gasteiger partial charge on any atom is 0.305 e. The van der Waals surface area contributed by atoms with Crippen LogP contribution < -0.4 is 0 Å². The predicted molar refractivity (Wildman–Crippen MR) is 98.4 cm³/mol. The zero-order valence-electron chi connectivity index (χ0n) is 15.4. The van der Waals surface area contributed by atoms with Crippen molar-refractivity contribution in [3.63, 3.8) is 0 Å². The van der Waals surface area contributed by atoms with Gasteiger partial charge in [-0.1, -0.05) is 50.5 Å². The smallest absolute Gasteiger partial charge is 0.305 e. The minimum absolute atomic E-state index is 0.0934. The Kier molecular flexibility index (Phi) is 11.3. The van der Waals surface area contributed by atoms with Crippen LogP contribution in [0.1, 0.15) is 77.6 Å². The molecule has 0 aromatic rings. The molecule has 0 aromatic carbocycles. The fourth-order valence-corrected chi connectivity index (χ4v) is 3.05. The number of unbranched alkanes of at least 4 members (excludes halogenated alkanes) is 3. The van der Waals surface area contributed by atoms with Crippen molar-refractivity contribution in [3.05, 3.63) is 12.2 Å². The zero-order chi connectivity index (χ0) is 17.6. The van der Waals surface area contributed by atoms with Crippen LogP contribution in [-0.4, -0.2) is 24.3 Å². The van der Waals surface area contributed by atoms with E-state index in [4.69, 9.17) is 0 Å². The molecule has 136 valence electrons. The van der Waals surface area contributed by atoms with Crippen LogP contribution >= 0.6 is 0 Å². The van der Waals surface area contributed by atoms with E-state index in [2.05, 4.69) is 29.6 Å². The molecule has 3 nitrogen and oxygen atoms in total. The molecule has 0 radical (unpaired) electrons. The highest BCUT2D eigenvalue weighted by atomic mass is 16.5. The number of allylic oxidation sites excluding steroid dienone is 2. The lowest BCUT2D eigenvalue weighted by atomic mass is 10.1. The van der Waals surface area contributed by atoms with Gasteiger partial charge in [0, 0.05) is 6.42 Å². The number of ether oxygens (including phenoxy) is 1. The summed E-state index contributed by atoms with van der Waals surface area (Å²) in [6.45, 7) is 2.16. The summed E-state index contributed by atoms with van der Waals surface area (Å²) in [7, 11) is 1.45. The van der Waals surface area contributed by atoms with E-state index < -0.39 is 6.10 Å². The average molecular weight is 335 g/mol. The first-order valence-electron chi connectivity index (χ1n) is 9.58. The molecule has 1 rings (SSSR count). The Hall–Kier alpha value is -1.27. The molecule has 1 N–H and O–H groups in total. The van der Waals surface area contributed by atoms with Gasteiger partial charge in [0.05, 0.1) is 7.11 Å². The topological polar surface area (TPSA) is 46.5 Å². The van der Waals surface area contributed by atoms with Gasteiger partial charge in [-0.25, -0.2) is 0 Å². The van der Waals surface area contributed by atoms with Crippen LogP contribution in [0.2, 0.25) is 0 Å². The van der Waals surface area contributed by atoms with E-state index in [1.807, 2.05) is 6.08 Å². The van der Waals surface area contributed by atoms with Gasteiger partial charge in [0.25, 0.3) is 0 Å². The maximum atomic E-state index is 11.0. The number of methoxy groups -OCH3 is 1. The van der Waals surface area contributed by atoms with Crippen molar-refractivity contribution >= 4 is 5.97 Å². The molecule has 0 aromatic heterocycles. The van der Waals surface area contributed by atoms with Crippen molar-refractivity contribution in [3.8, 4) is 11.8 Å². The van der Waals surface area contributed by atoms with Crippen molar-refractivity contribution in [2.24, 2.45) is 11.8 Å². The van der Waals surface area contributed by atoms with E-state index in [-0.39, 0.29) is 5.97 Å². The van der Waals surface area contributed by atoms with E-state index in [1.165, 1.54) is 39.2 Å². The van der Waals surface area contributed by atoms with Gasteiger partial charge in [-0.05, 0) is 56.4 Å². The predicted octanol–water partition coefficient (Wildman–Crippen LogP) is 4.64. The van der Waals surface area contributed by atoms with Crippen LogP contribution in [0.3, 0.4) is 0 Å². The summed E-state index contributed by atoms with van der Waals surface area (Å²) in [4.78, 5) is 11.0. The number of rotatable bonds is 12. The first kappa shape index (κ1) is 20.8. The average Bonchev–Trinajstić information content (AvgIpc) is 3.33. The van der Waals surface area contributed by atoms with Gasteiger partial charge in [0.2, 0.25) is 0 Å². The minimum Gasteiger partial charge on any atom is -0.469 e. The van der Waals surface area contributed by atoms with Crippen molar-refractivity contribution in [2.75, 3.05) is 7.11 Å². The molecule has 0 heterocycles. The molecule has 3 atom stereocenters. The maximum absolute atomic E-state index is 11.0. The highest BCUT2D eigenvalue weighted by molar-refractivity contribution is 5.68. The van der Waals surface area contributed by atoms with E-state index in [9.17, 15) is 9.90 Å². The first-order valence-corrected chi connectivity index (χ1v) is 9.58. The summed E-state index contributed by atoms with van der Waals surface area (Å²) < 4.78 is 4.65. The van der Waals surface area contributed by atoms with Crippen LogP contribution in [-0.2, 0) is 9.53 Å². The van der Waals surface area contributed by atoms with E-state index in [0.29, 0.717) is 6.42 Å². The van der Waals surface area contributed by atoms with Gasteiger partial charge in [0.15, 0.2) is 0 Å². The summed E-state index contributed by atoms with van der Waals surface area (Å²) in [5.41, 5.74) is 0.